The van der Waals surface area contributed by atoms with E-state index in [1.807, 2.05) is 0 Å². The Morgan fingerprint density at radius 1 is 1.00 bits per heavy atom. The summed E-state index contributed by atoms with van der Waals surface area (Å²) in [5.41, 5.74) is 0. The molecule has 0 heterocycles. The quantitative estimate of drug-likeness (QED) is 0.236. The van der Waals surface area contributed by atoms with Gasteiger partial charge < -0.3 is 28.2 Å². The van der Waals surface area contributed by atoms with E-state index in [1.54, 1.807) is 0 Å². The van der Waals surface area contributed by atoms with Gasteiger partial charge in [0.2, 0.25) is 0 Å². The molecule has 0 aliphatic rings. The first-order valence-corrected chi connectivity index (χ1v) is 2.68. The standard InChI is InChI=1S/Mg.H3N.H4O4Si.2H/c;;1-5(2,3)4;;/h;1H3;1-4H;;/q+2;;;2*-1. The van der Waals surface area contributed by atoms with E-state index in [0.29, 0.717) is 0 Å². The Balaban J connectivity index is -0.0000000133. The molecule has 0 saturated heterocycles. The van der Waals surface area contributed by atoms with Crippen LogP contribution in [0.4, 0.5) is 0 Å². The van der Waals surface area contributed by atoms with Gasteiger partial charge in [-0.25, -0.2) is 0 Å². The van der Waals surface area contributed by atoms with Crippen LogP contribution in [0.1, 0.15) is 2.85 Å². The van der Waals surface area contributed by atoms with Gasteiger partial charge in [0.25, 0.3) is 0 Å². The molecule has 0 aromatic rings. The molecule has 0 rings (SSSR count). The van der Waals surface area contributed by atoms with Crippen molar-refractivity contribution in [3.05, 3.63) is 0 Å². The zero-order valence-electron chi connectivity index (χ0n) is 5.70. The zero-order chi connectivity index (χ0) is 4.50. The van der Waals surface area contributed by atoms with Crippen molar-refractivity contribution in [3.63, 3.8) is 0 Å². The summed E-state index contributed by atoms with van der Waals surface area (Å²) in [6.07, 6.45) is 0. The maximum absolute atomic E-state index is 7.33. The molecular formula is H9MgNO4Si. The van der Waals surface area contributed by atoms with E-state index in [-0.39, 0.29) is 32.1 Å². The van der Waals surface area contributed by atoms with E-state index in [4.69, 9.17) is 19.2 Å². The van der Waals surface area contributed by atoms with E-state index in [1.165, 1.54) is 0 Å². The molecule has 0 amide bonds. The molecule has 7 heteroatoms. The van der Waals surface area contributed by atoms with Crippen LogP contribution in [0.2, 0.25) is 0 Å². The van der Waals surface area contributed by atoms with Crippen molar-refractivity contribution < 1.29 is 22.0 Å². The number of hydrogen-bond donors (Lipinski definition) is 5. The Labute approximate surface area is 60.8 Å². The predicted molar refractivity (Wildman–Crippen MR) is 27.6 cm³/mol. The molecular weight excluding hydrogens is 130 g/mol. The average molecular weight is 139 g/mol. The van der Waals surface area contributed by atoms with Gasteiger partial charge in [0, 0.05) is 0 Å². The van der Waals surface area contributed by atoms with Crippen LogP contribution in [-0.2, 0) is 0 Å². The third kappa shape index (κ3) is 253. The van der Waals surface area contributed by atoms with Gasteiger partial charge in [-0.3, -0.25) is 0 Å². The smallest absolute Gasteiger partial charge is 1.00 e. The number of rotatable bonds is 0. The van der Waals surface area contributed by atoms with Crippen molar-refractivity contribution in [2.45, 2.75) is 0 Å². The number of hydrogen-bond acceptors (Lipinski definition) is 5. The summed E-state index contributed by atoms with van der Waals surface area (Å²) in [4.78, 5) is 29.3. The molecule has 0 radical (unpaired) electrons. The van der Waals surface area contributed by atoms with Gasteiger partial charge in [0.05, 0.1) is 0 Å². The second kappa shape index (κ2) is 4.93. The van der Waals surface area contributed by atoms with Gasteiger partial charge in [-0.1, -0.05) is 0 Å². The molecule has 0 aromatic carbocycles. The predicted octanol–water partition coefficient (Wildman–Crippen LogP) is -2.60. The Hall–Kier alpha value is 0.783. The molecule has 0 aromatic heterocycles. The molecule has 0 atom stereocenters. The van der Waals surface area contributed by atoms with Crippen LogP contribution in [0, 0.1) is 0 Å². The fourth-order valence-electron chi connectivity index (χ4n) is 0. The SMILES string of the molecule is N.O[Si](O)(O)O.[H-].[H-].[Mg+2]. The molecule has 7 heavy (non-hydrogen) atoms. The molecule has 0 spiro atoms. The molecule has 0 unspecified atom stereocenters. The van der Waals surface area contributed by atoms with Crippen LogP contribution in [-0.4, -0.2) is 51.3 Å². The fourth-order valence-corrected chi connectivity index (χ4v) is 0. The minimum atomic E-state index is -4.61. The topological polar surface area (TPSA) is 116 Å². The van der Waals surface area contributed by atoms with Crippen LogP contribution < -0.4 is 6.15 Å². The van der Waals surface area contributed by atoms with Crippen LogP contribution in [0.25, 0.3) is 0 Å². The van der Waals surface area contributed by atoms with E-state index in [2.05, 4.69) is 0 Å². The molecule has 0 aliphatic heterocycles. The van der Waals surface area contributed by atoms with Crippen molar-refractivity contribution in [3.8, 4) is 0 Å². The Bertz CT molecular complexity index is 34.0. The average Bonchev–Trinajstić information content (AvgIpc) is 0.722. The van der Waals surface area contributed by atoms with Gasteiger partial charge >= 0.3 is 32.1 Å². The largest absolute Gasteiger partial charge is 2.00 e. The maximum atomic E-state index is 7.33. The molecule has 0 saturated carbocycles. The maximum Gasteiger partial charge on any atom is 2.00 e. The van der Waals surface area contributed by atoms with Crippen molar-refractivity contribution >= 4 is 32.1 Å². The van der Waals surface area contributed by atoms with Crippen LogP contribution in [0.5, 0.6) is 0 Å². The summed E-state index contributed by atoms with van der Waals surface area (Å²) >= 11 is 0. The van der Waals surface area contributed by atoms with Crippen LogP contribution in [0.15, 0.2) is 0 Å². The summed E-state index contributed by atoms with van der Waals surface area (Å²) in [6, 6.07) is 0. The van der Waals surface area contributed by atoms with Crippen molar-refractivity contribution in [2.75, 3.05) is 0 Å². The van der Waals surface area contributed by atoms with Gasteiger partial charge in [-0.2, -0.15) is 0 Å². The van der Waals surface area contributed by atoms with E-state index in [0.717, 1.165) is 0 Å². The summed E-state index contributed by atoms with van der Waals surface area (Å²) in [5, 5.41) is 0. The second-order valence-corrected chi connectivity index (χ2v) is 1.80. The molecule has 0 aliphatic carbocycles. The van der Waals surface area contributed by atoms with E-state index in [9.17, 15) is 0 Å². The van der Waals surface area contributed by atoms with E-state index < -0.39 is 9.05 Å². The van der Waals surface area contributed by atoms with Crippen molar-refractivity contribution in [2.24, 2.45) is 0 Å². The van der Waals surface area contributed by atoms with Crippen LogP contribution in [0.3, 0.4) is 0 Å². The Morgan fingerprint density at radius 2 is 1.00 bits per heavy atom. The first-order valence-electron chi connectivity index (χ1n) is 0.894. The molecule has 7 N–H and O–H groups in total. The fraction of sp³-hybridized carbons (Fsp3) is 0. The summed E-state index contributed by atoms with van der Waals surface area (Å²) < 4.78 is 0. The first kappa shape index (κ1) is 15.7. The van der Waals surface area contributed by atoms with E-state index >= 15 is 0 Å². The normalized spacial score (nSPS) is 8.57. The molecule has 0 bridgehead atoms. The summed E-state index contributed by atoms with van der Waals surface area (Å²) in [7, 11) is -4.61. The van der Waals surface area contributed by atoms with Gasteiger partial charge in [-0.05, 0) is 0 Å². The van der Waals surface area contributed by atoms with Crippen molar-refractivity contribution in [1.82, 2.24) is 6.15 Å². The van der Waals surface area contributed by atoms with Gasteiger partial charge in [0.15, 0.2) is 0 Å². The summed E-state index contributed by atoms with van der Waals surface area (Å²) in [6.45, 7) is 0. The first-order chi connectivity index (χ1) is 2.00. The van der Waals surface area contributed by atoms with Gasteiger partial charge in [0.1, 0.15) is 0 Å². The summed E-state index contributed by atoms with van der Waals surface area (Å²) in [5.74, 6) is 0. The minimum absolute atomic E-state index is 0. The van der Waals surface area contributed by atoms with Crippen molar-refractivity contribution in [1.29, 1.82) is 0 Å². The Kier molecular flexibility index (Phi) is 11.0. The third-order valence-electron chi connectivity index (χ3n) is 0. The minimum Gasteiger partial charge on any atom is -1.00 e. The Morgan fingerprint density at radius 3 is 1.00 bits per heavy atom. The zero-order valence-corrected chi connectivity index (χ0v) is 6.12. The third-order valence-corrected chi connectivity index (χ3v) is 0. The monoisotopic (exact) mass is 139 g/mol. The molecule has 44 valence electrons. The second-order valence-electron chi connectivity index (χ2n) is 0.600. The molecule has 0 fully saturated rings. The molecule has 5 nitrogen and oxygen atoms in total. The van der Waals surface area contributed by atoms with Crippen LogP contribution >= 0.6 is 0 Å². The van der Waals surface area contributed by atoms with Gasteiger partial charge in [-0.15, -0.1) is 0 Å².